The smallest absolute Gasteiger partial charge is 0.159 e. The molecule has 1 heterocycles. The molecule has 2 aromatic carbocycles. The fraction of sp³-hybridized carbons (Fsp3) is 0. The quantitative estimate of drug-likeness (QED) is 0.424. The Balaban J connectivity index is 1.91. The summed E-state index contributed by atoms with van der Waals surface area (Å²) in [5.41, 5.74) is 5.96. The summed E-state index contributed by atoms with van der Waals surface area (Å²) in [6.07, 6.45) is 1.79. The van der Waals surface area contributed by atoms with Gasteiger partial charge in [-0.1, -0.05) is 48.0 Å². The molecule has 0 spiro atoms. The van der Waals surface area contributed by atoms with Crippen LogP contribution in [0.4, 0.5) is 0 Å². The molecule has 1 aromatic heterocycles. The maximum Gasteiger partial charge on any atom is 0.159 e. The summed E-state index contributed by atoms with van der Waals surface area (Å²) in [6.45, 7) is 0. The third-order valence-electron chi connectivity index (χ3n) is 3.07. The average Bonchev–Trinajstić information content (AvgIpc) is 3.02. The zero-order chi connectivity index (χ0) is 15.4. The number of nitrogens with two attached hydrogens (primary N) is 1. The molecule has 3 rings (SSSR count). The van der Waals surface area contributed by atoms with Gasteiger partial charge in [0.25, 0.3) is 0 Å². The Hall–Kier alpha value is -1.83. The van der Waals surface area contributed by atoms with Crippen LogP contribution in [0.2, 0.25) is 5.02 Å². The first-order valence-corrected chi connectivity index (χ1v) is 7.56. The van der Waals surface area contributed by atoms with Gasteiger partial charge >= 0.3 is 0 Å². The van der Waals surface area contributed by atoms with Gasteiger partial charge in [-0.2, -0.15) is 13.5 Å². The van der Waals surface area contributed by atoms with Gasteiger partial charge in [0.1, 0.15) is 0 Å². The van der Waals surface area contributed by atoms with Crippen molar-refractivity contribution in [3.8, 4) is 22.4 Å². The predicted octanol–water partition coefficient (Wildman–Crippen LogP) is 3.68. The maximum absolute atomic E-state index is 6.26. The Bertz CT molecular complexity index is 777. The molecule has 0 unspecified atom stereocenters. The summed E-state index contributed by atoms with van der Waals surface area (Å²) in [6, 6.07) is 17.7. The summed E-state index contributed by atoms with van der Waals surface area (Å²) < 4.78 is 6.37. The van der Waals surface area contributed by atoms with Crippen LogP contribution in [-0.4, -0.2) is 9.19 Å². The first kappa shape index (κ1) is 15.1. The van der Waals surface area contributed by atoms with E-state index in [4.69, 9.17) is 21.7 Å². The summed E-state index contributed by atoms with van der Waals surface area (Å²) in [5, 5.41) is 5.13. The largest absolute Gasteiger partial charge is 0.247 e. The lowest BCUT2D eigenvalue weighted by atomic mass is 10.0. The summed E-state index contributed by atoms with van der Waals surface area (Å²) in [5.74, 6) is 5.05. The van der Waals surface area contributed by atoms with Crippen LogP contribution in [0.25, 0.3) is 22.4 Å². The molecule has 0 aliphatic carbocycles. The topological polar surface area (TPSA) is 65.1 Å². The maximum atomic E-state index is 6.26. The van der Waals surface area contributed by atoms with Gasteiger partial charge in [-0.3, -0.25) is 0 Å². The van der Waals surface area contributed by atoms with Crippen LogP contribution in [0.15, 0.2) is 60.8 Å². The lowest BCUT2D eigenvalue weighted by molar-refractivity contribution is 0.240. The van der Waals surface area contributed by atoms with Crippen LogP contribution in [-0.2, 0) is 4.28 Å². The van der Waals surface area contributed by atoms with Crippen LogP contribution in [0, 0.1) is 0 Å². The molecule has 22 heavy (non-hydrogen) atoms. The fourth-order valence-electron chi connectivity index (χ4n) is 2.10. The van der Waals surface area contributed by atoms with Gasteiger partial charge in [-0.25, -0.2) is 5.84 Å². The molecule has 0 bridgehead atoms. The lowest BCUT2D eigenvalue weighted by Crippen LogP contribution is -2.19. The van der Waals surface area contributed by atoms with Crippen molar-refractivity contribution in [1.29, 1.82) is 0 Å². The number of hydrazine groups is 1. The van der Waals surface area contributed by atoms with E-state index in [-0.39, 0.29) is 0 Å². The number of nitrogens with zero attached hydrogens (tertiary/aromatic N) is 2. The van der Waals surface area contributed by atoms with Crippen LogP contribution in [0.1, 0.15) is 0 Å². The molecular weight excluding hydrogens is 320 g/mol. The summed E-state index contributed by atoms with van der Waals surface area (Å²) in [7, 11) is 0. The third-order valence-corrected chi connectivity index (χ3v) is 3.93. The van der Waals surface area contributed by atoms with Crippen LogP contribution >= 0.6 is 23.8 Å². The Kier molecular flexibility index (Phi) is 4.77. The Labute approximate surface area is 137 Å². The number of halogens is 1. The van der Waals surface area contributed by atoms with Gasteiger partial charge < -0.3 is 0 Å². The standard InChI is InChI=1S/C15H13ClN4OS/c16-14-7-2-1-6-13(14)11-4-3-5-12(10-11)15-8-9-20(18-15)22-21-19-17/h1-10,19H,17H2. The van der Waals surface area contributed by atoms with Crippen molar-refractivity contribution in [3.05, 3.63) is 65.8 Å². The molecule has 3 aromatic rings. The van der Waals surface area contributed by atoms with E-state index in [1.165, 1.54) is 0 Å². The number of aromatic nitrogens is 2. The molecule has 0 aliphatic heterocycles. The van der Waals surface area contributed by atoms with E-state index in [1.54, 1.807) is 10.3 Å². The minimum absolute atomic E-state index is 0.725. The van der Waals surface area contributed by atoms with Gasteiger partial charge in [0, 0.05) is 22.3 Å². The summed E-state index contributed by atoms with van der Waals surface area (Å²) >= 11 is 7.25. The van der Waals surface area contributed by atoms with Crippen LogP contribution in [0.3, 0.4) is 0 Å². The first-order valence-electron chi connectivity index (χ1n) is 6.48. The number of hydrogen-bond donors (Lipinski definition) is 2. The monoisotopic (exact) mass is 332 g/mol. The van der Waals surface area contributed by atoms with E-state index in [1.807, 2.05) is 48.5 Å². The van der Waals surface area contributed by atoms with Crippen molar-refractivity contribution < 1.29 is 4.28 Å². The van der Waals surface area contributed by atoms with E-state index in [9.17, 15) is 0 Å². The zero-order valence-corrected chi connectivity index (χ0v) is 13.0. The minimum Gasteiger partial charge on any atom is -0.247 e. The molecule has 0 fully saturated rings. The molecule has 5 nitrogen and oxygen atoms in total. The van der Waals surface area contributed by atoms with Crippen molar-refractivity contribution in [1.82, 2.24) is 14.8 Å². The average molecular weight is 333 g/mol. The van der Waals surface area contributed by atoms with E-state index >= 15 is 0 Å². The molecule has 0 saturated carbocycles. The molecule has 3 N–H and O–H groups in total. The first-order chi connectivity index (χ1) is 10.8. The second kappa shape index (κ2) is 6.95. The number of rotatable bonds is 5. The second-order valence-electron chi connectivity index (χ2n) is 4.44. The van der Waals surface area contributed by atoms with Crippen molar-refractivity contribution in [2.24, 2.45) is 5.84 Å². The van der Waals surface area contributed by atoms with E-state index < -0.39 is 0 Å². The second-order valence-corrected chi connectivity index (χ2v) is 5.54. The number of benzene rings is 2. The Morgan fingerprint density at radius 1 is 1.09 bits per heavy atom. The highest BCUT2D eigenvalue weighted by Gasteiger charge is 2.07. The van der Waals surface area contributed by atoms with Gasteiger partial charge in [-0.15, -0.1) is 5.59 Å². The van der Waals surface area contributed by atoms with Gasteiger partial charge in [0.15, 0.2) is 12.2 Å². The van der Waals surface area contributed by atoms with Gasteiger partial charge in [0.2, 0.25) is 0 Å². The van der Waals surface area contributed by atoms with Crippen LogP contribution < -0.4 is 11.4 Å². The number of hydrogen-bond acceptors (Lipinski definition) is 5. The molecular formula is C15H13ClN4OS. The normalized spacial score (nSPS) is 10.8. The molecule has 0 amide bonds. The predicted molar refractivity (Wildman–Crippen MR) is 89.5 cm³/mol. The minimum atomic E-state index is 0.725. The van der Waals surface area contributed by atoms with Gasteiger partial charge in [0.05, 0.1) is 5.69 Å². The number of nitrogens with one attached hydrogen (secondary N) is 1. The molecule has 0 saturated heterocycles. The molecule has 0 atom stereocenters. The SMILES string of the molecule is NNOSn1ccc(-c2cccc(-c3ccccc3Cl)c2)n1. The molecule has 7 heteroatoms. The molecule has 112 valence electrons. The van der Waals surface area contributed by atoms with E-state index in [0.29, 0.717) is 0 Å². The van der Waals surface area contributed by atoms with Crippen LogP contribution in [0.5, 0.6) is 0 Å². The third kappa shape index (κ3) is 3.32. The summed E-state index contributed by atoms with van der Waals surface area (Å²) in [4.78, 5) is 0. The van der Waals surface area contributed by atoms with Crippen molar-refractivity contribution >= 4 is 23.8 Å². The highest BCUT2D eigenvalue weighted by Crippen LogP contribution is 2.30. The Morgan fingerprint density at radius 2 is 1.91 bits per heavy atom. The fourth-order valence-corrected chi connectivity index (χ4v) is 2.70. The molecule has 0 aliphatic rings. The van der Waals surface area contributed by atoms with E-state index in [2.05, 4.69) is 16.8 Å². The highest BCUT2D eigenvalue weighted by atomic mass is 35.5. The van der Waals surface area contributed by atoms with Crippen molar-refractivity contribution in [2.45, 2.75) is 0 Å². The van der Waals surface area contributed by atoms with Crippen molar-refractivity contribution in [2.75, 3.05) is 0 Å². The Morgan fingerprint density at radius 3 is 2.73 bits per heavy atom. The zero-order valence-electron chi connectivity index (χ0n) is 11.4. The molecule has 0 radical (unpaired) electrons. The highest BCUT2D eigenvalue weighted by molar-refractivity contribution is 7.92. The van der Waals surface area contributed by atoms with E-state index in [0.717, 1.165) is 39.6 Å². The lowest BCUT2D eigenvalue weighted by Gasteiger charge is -2.06. The van der Waals surface area contributed by atoms with Crippen molar-refractivity contribution in [3.63, 3.8) is 0 Å². The van der Waals surface area contributed by atoms with Gasteiger partial charge in [-0.05, 0) is 23.8 Å².